The molecule has 0 unspecified atom stereocenters. The number of halogens is 1. The Morgan fingerprint density at radius 1 is 1.00 bits per heavy atom. The van der Waals surface area contributed by atoms with Crippen molar-refractivity contribution in [1.82, 2.24) is 20.4 Å². The Morgan fingerprint density at radius 3 is 2.46 bits per heavy atom. The van der Waals surface area contributed by atoms with Gasteiger partial charge in [0.1, 0.15) is 12.1 Å². The van der Waals surface area contributed by atoms with Gasteiger partial charge in [-0.2, -0.15) is 15.6 Å². The fraction of sp³-hybridized carbons (Fsp3) is 0.314. The highest BCUT2D eigenvalue weighted by atomic mass is 35.5. The van der Waals surface area contributed by atoms with Crippen molar-refractivity contribution >= 4 is 52.4 Å². The molecular weight excluding hydrogens is 632 g/mol. The Bertz CT molecular complexity index is 1940. The minimum absolute atomic E-state index is 0. The molecule has 246 valence electrons. The summed E-state index contributed by atoms with van der Waals surface area (Å²) in [5.74, 6) is -1.35. The van der Waals surface area contributed by atoms with Gasteiger partial charge in [-0.15, -0.1) is 12.4 Å². The van der Waals surface area contributed by atoms with Gasteiger partial charge in [-0.05, 0) is 63.2 Å². The summed E-state index contributed by atoms with van der Waals surface area (Å²) in [6.07, 6.45) is 1.06. The van der Waals surface area contributed by atoms with Crippen LogP contribution in [0.4, 0.5) is 11.4 Å². The number of nitriles is 2. The Labute approximate surface area is 284 Å². The first-order chi connectivity index (χ1) is 22.8. The first-order valence-electron chi connectivity index (χ1n) is 15.5. The van der Waals surface area contributed by atoms with Crippen LogP contribution in [-0.2, 0) is 25.7 Å². The Balaban J connectivity index is 0.00000451. The maximum absolute atomic E-state index is 14.6. The van der Waals surface area contributed by atoms with Crippen LogP contribution in [0.1, 0.15) is 36.6 Å². The van der Waals surface area contributed by atoms with E-state index in [2.05, 4.69) is 22.8 Å². The monoisotopic (exact) mass is 666 g/mol. The lowest BCUT2D eigenvalue weighted by Crippen LogP contribution is -2.56. The summed E-state index contributed by atoms with van der Waals surface area (Å²) >= 11 is 0. The van der Waals surface area contributed by atoms with Gasteiger partial charge in [0.2, 0.25) is 11.8 Å². The van der Waals surface area contributed by atoms with E-state index in [0.29, 0.717) is 59.9 Å². The van der Waals surface area contributed by atoms with Crippen LogP contribution in [0.25, 0.3) is 16.6 Å². The van der Waals surface area contributed by atoms with Gasteiger partial charge in [0, 0.05) is 24.5 Å². The van der Waals surface area contributed by atoms with Gasteiger partial charge >= 0.3 is 0 Å². The normalized spacial score (nSPS) is 17.0. The first kappa shape index (κ1) is 34.1. The number of rotatable bonds is 7. The summed E-state index contributed by atoms with van der Waals surface area (Å²) in [7, 11) is 1.65. The molecule has 0 radical (unpaired) electrons. The zero-order chi connectivity index (χ0) is 33.1. The number of para-hydroxylation sites is 2. The van der Waals surface area contributed by atoms with Crippen LogP contribution in [0, 0.1) is 28.6 Å². The molecule has 3 amide bonds. The van der Waals surface area contributed by atoms with Crippen molar-refractivity contribution in [1.29, 1.82) is 10.5 Å². The highest BCUT2D eigenvalue weighted by Gasteiger charge is 2.40. The number of aromatic nitrogens is 2. The van der Waals surface area contributed by atoms with Crippen molar-refractivity contribution in [2.45, 2.75) is 38.4 Å². The molecule has 0 bridgehead atoms. The Hall–Kier alpha value is -5.27. The van der Waals surface area contributed by atoms with Crippen LogP contribution < -0.4 is 20.4 Å². The predicted molar refractivity (Wildman–Crippen MR) is 182 cm³/mol. The topological polar surface area (TPSA) is 156 Å². The van der Waals surface area contributed by atoms with Crippen LogP contribution in [0.5, 0.6) is 0 Å². The molecular formula is C35H35ClN8O4. The van der Waals surface area contributed by atoms with Gasteiger partial charge in [0.15, 0.2) is 0 Å². The van der Waals surface area contributed by atoms with E-state index in [1.807, 2.05) is 36.4 Å². The number of hydrogen-bond acceptors (Lipinski definition) is 8. The van der Waals surface area contributed by atoms with Crippen molar-refractivity contribution in [3.63, 3.8) is 0 Å². The number of ether oxygens (including phenoxy) is 1. The molecule has 2 aliphatic rings. The second-order valence-corrected chi connectivity index (χ2v) is 11.7. The van der Waals surface area contributed by atoms with Crippen molar-refractivity contribution in [3.05, 3.63) is 83.6 Å². The van der Waals surface area contributed by atoms with Crippen molar-refractivity contribution in [3.8, 4) is 17.8 Å². The molecule has 2 N–H and O–H groups in total. The molecule has 1 fully saturated rings. The summed E-state index contributed by atoms with van der Waals surface area (Å²) in [5, 5.41) is 31.1. The van der Waals surface area contributed by atoms with Crippen LogP contribution >= 0.6 is 12.4 Å². The third-order valence-electron chi connectivity index (χ3n) is 8.82. The molecule has 3 heterocycles. The van der Waals surface area contributed by atoms with Gasteiger partial charge in [-0.3, -0.25) is 14.4 Å². The number of benzene rings is 3. The second kappa shape index (κ2) is 14.7. The van der Waals surface area contributed by atoms with Crippen molar-refractivity contribution in [2.75, 3.05) is 36.6 Å². The van der Waals surface area contributed by atoms with Gasteiger partial charge in [0.05, 0.1) is 64.6 Å². The number of nitrogens with one attached hydrogen (secondary N) is 2. The van der Waals surface area contributed by atoms with Gasteiger partial charge in [0.25, 0.3) is 5.91 Å². The number of amides is 3. The maximum atomic E-state index is 14.6. The van der Waals surface area contributed by atoms with E-state index in [1.165, 1.54) is 4.90 Å². The van der Waals surface area contributed by atoms with Crippen LogP contribution in [0.2, 0.25) is 0 Å². The molecule has 0 aliphatic carbocycles. The molecule has 4 aromatic rings. The third kappa shape index (κ3) is 6.46. The Kier molecular flexibility index (Phi) is 10.4. The lowest BCUT2D eigenvalue weighted by atomic mass is 9.97. The molecule has 3 aromatic carbocycles. The predicted octanol–water partition coefficient (Wildman–Crippen LogP) is 3.59. The molecule has 6 rings (SSSR count). The third-order valence-corrected chi connectivity index (χ3v) is 8.82. The van der Waals surface area contributed by atoms with Crippen molar-refractivity contribution in [2.24, 2.45) is 5.92 Å². The summed E-state index contributed by atoms with van der Waals surface area (Å²) < 4.78 is 7.19. The number of likely N-dealkylation sites (N-methyl/N-ethyl adjacent to an activating group) is 1. The van der Waals surface area contributed by atoms with Gasteiger partial charge in [-0.1, -0.05) is 30.3 Å². The van der Waals surface area contributed by atoms with E-state index in [0.717, 1.165) is 10.9 Å². The highest BCUT2D eigenvalue weighted by Crippen LogP contribution is 2.37. The van der Waals surface area contributed by atoms with Crippen LogP contribution in [-0.4, -0.2) is 66.4 Å². The molecule has 2 atom stereocenters. The smallest absolute Gasteiger partial charge is 0.251 e. The van der Waals surface area contributed by atoms with E-state index in [-0.39, 0.29) is 37.3 Å². The molecule has 1 aromatic heterocycles. The minimum Gasteiger partial charge on any atom is -0.381 e. The lowest BCUT2D eigenvalue weighted by molar-refractivity contribution is -0.129. The SMILES string of the molecule is CN[C@@H](C)C(=O)N[C@H]1CN(C(=O)C2CCOCC2)c2cc(C#N)ccc2N(Cc2nn(-c3ccccc3C#N)c3ccccc23)C1=O.Cl. The summed E-state index contributed by atoms with van der Waals surface area (Å²) in [6.45, 7) is 2.47. The lowest BCUT2D eigenvalue weighted by Gasteiger charge is -2.31. The fourth-order valence-electron chi connectivity index (χ4n) is 6.11. The molecule has 0 spiro atoms. The number of carbonyl (C=O) groups excluding carboxylic acids is 3. The number of carbonyl (C=O) groups is 3. The van der Waals surface area contributed by atoms with E-state index in [9.17, 15) is 24.9 Å². The summed E-state index contributed by atoms with van der Waals surface area (Å²) in [4.78, 5) is 44.9. The van der Waals surface area contributed by atoms with Crippen LogP contribution in [0.15, 0.2) is 66.7 Å². The average Bonchev–Trinajstić information content (AvgIpc) is 3.44. The highest BCUT2D eigenvalue weighted by molar-refractivity contribution is 6.09. The first-order valence-corrected chi connectivity index (χ1v) is 15.5. The quantitative estimate of drug-likeness (QED) is 0.303. The summed E-state index contributed by atoms with van der Waals surface area (Å²) in [5.41, 5.74) is 3.49. The zero-order valence-electron chi connectivity index (χ0n) is 26.6. The fourth-order valence-corrected chi connectivity index (χ4v) is 6.11. The molecule has 0 saturated carbocycles. The van der Waals surface area contributed by atoms with Gasteiger partial charge < -0.3 is 25.2 Å². The maximum Gasteiger partial charge on any atom is 0.251 e. The molecule has 12 nitrogen and oxygen atoms in total. The van der Waals surface area contributed by atoms with E-state index < -0.39 is 23.9 Å². The second-order valence-electron chi connectivity index (χ2n) is 11.7. The molecule has 13 heteroatoms. The van der Waals surface area contributed by atoms with Gasteiger partial charge in [-0.25, -0.2) is 4.68 Å². The summed E-state index contributed by atoms with van der Waals surface area (Å²) in [6, 6.07) is 22.3. The number of nitrogens with zero attached hydrogens (tertiary/aromatic N) is 6. The number of anilines is 2. The molecule has 48 heavy (non-hydrogen) atoms. The van der Waals surface area contributed by atoms with E-state index in [4.69, 9.17) is 9.84 Å². The standard InChI is InChI=1S/C35H34N8O4.ClH/c1-22(38-2)33(44)39-28-21-42(34(45)24-13-15-47-16-14-24)32-17-23(18-36)11-12-31(32)41(35(28)46)20-27-26-8-4-6-10-30(26)43(40-27)29-9-5-3-7-25(29)19-37;/h3-12,17,22,24,28,38H,13-16,20-21H2,1-2H3,(H,39,44);1H/t22-,28-;/m0./s1. The number of hydrogen-bond donors (Lipinski definition) is 2. The average molecular weight is 667 g/mol. The van der Waals surface area contributed by atoms with E-state index >= 15 is 0 Å². The zero-order valence-corrected chi connectivity index (χ0v) is 27.4. The van der Waals surface area contributed by atoms with E-state index in [1.54, 1.807) is 53.9 Å². The molecule has 1 saturated heterocycles. The van der Waals surface area contributed by atoms with Crippen molar-refractivity contribution < 1.29 is 19.1 Å². The Morgan fingerprint density at radius 2 is 1.73 bits per heavy atom. The number of fused-ring (bicyclic) bond motifs is 2. The minimum atomic E-state index is -1.09. The largest absolute Gasteiger partial charge is 0.381 e. The van der Waals surface area contributed by atoms with Crippen LogP contribution in [0.3, 0.4) is 0 Å². The molecule has 2 aliphatic heterocycles.